The van der Waals surface area contributed by atoms with Crippen LogP contribution in [0.5, 0.6) is 0 Å². The Kier molecular flexibility index (Phi) is 2.82. The molecule has 2 heterocycles. The highest BCUT2D eigenvalue weighted by atomic mass is 35.5. The highest BCUT2D eigenvalue weighted by Crippen LogP contribution is 2.16. The molecule has 2 rings (SSSR count). The van der Waals surface area contributed by atoms with Crippen LogP contribution in [0.3, 0.4) is 0 Å². The number of rotatable bonds is 3. The van der Waals surface area contributed by atoms with Crippen molar-refractivity contribution in [3.63, 3.8) is 0 Å². The van der Waals surface area contributed by atoms with E-state index >= 15 is 0 Å². The Balaban J connectivity index is 2.09. The number of aromatic amines is 1. The summed E-state index contributed by atoms with van der Waals surface area (Å²) in [6.07, 6.45) is 6.71. The highest BCUT2D eigenvalue weighted by molar-refractivity contribution is 6.29. The molecule has 15 heavy (non-hydrogen) atoms. The van der Waals surface area contributed by atoms with Gasteiger partial charge >= 0.3 is 0 Å². The van der Waals surface area contributed by atoms with Crippen LogP contribution in [-0.4, -0.2) is 20.2 Å². The maximum atomic E-state index is 5.72. The molecule has 0 aliphatic carbocycles. The number of halogens is 1. The van der Waals surface area contributed by atoms with Gasteiger partial charge in [0.15, 0.2) is 0 Å². The summed E-state index contributed by atoms with van der Waals surface area (Å²) in [5.74, 6) is 0.649. The number of H-pyrrole nitrogens is 1. The van der Waals surface area contributed by atoms with Gasteiger partial charge in [-0.15, -0.1) is 0 Å². The molecule has 0 bridgehead atoms. The normalized spacial score (nSPS) is 12.4. The molecule has 1 unspecified atom stereocenters. The first-order chi connectivity index (χ1) is 7.25. The topological polar surface area (TPSA) is 66.5 Å². The zero-order chi connectivity index (χ0) is 10.7. The Morgan fingerprint density at radius 3 is 2.93 bits per heavy atom. The Labute approximate surface area is 91.9 Å². The standard InChI is InChI=1S/C9H10ClN5/c1-6(7-2-12-13-3-7)14-9-5-11-4-8(10)15-9/h2-6H,1H3,(H,12,13)(H,14,15). The number of nitrogens with one attached hydrogen (secondary N) is 2. The zero-order valence-electron chi connectivity index (χ0n) is 8.11. The van der Waals surface area contributed by atoms with Crippen LogP contribution < -0.4 is 5.32 Å². The monoisotopic (exact) mass is 223 g/mol. The van der Waals surface area contributed by atoms with E-state index in [4.69, 9.17) is 11.6 Å². The second-order valence-corrected chi connectivity index (χ2v) is 3.51. The van der Waals surface area contributed by atoms with Gasteiger partial charge in [-0.2, -0.15) is 5.10 Å². The number of nitrogens with zero attached hydrogens (tertiary/aromatic N) is 3. The highest BCUT2D eigenvalue weighted by Gasteiger charge is 2.06. The van der Waals surface area contributed by atoms with Gasteiger partial charge in [0.1, 0.15) is 11.0 Å². The Bertz CT molecular complexity index is 428. The van der Waals surface area contributed by atoms with Crippen molar-refractivity contribution in [1.29, 1.82) is 0 Å². The van der Waals surface area contributed by atoms with E-state index in [1.165, 1.54) is 6.20 Å². The summed E-state index contributed by atoms with van der Waals surface area (Å²) in [7, 11) is 0. The van der Waals surface area contributed by atoms with Gasteiger partial charge in [0.05, 0.1) is 24.6 Å². The minimum absolute atomic E-state index is 0.108. The number of anilines is 1. The summed E-state index contributed by atoms with van der Waals surface area (Å²) in [6, 6.07) is 0.108. The lowest BCUT2D eigenvalue weighted by Gasteiger charge is -2.11. The molecule has 5 nitrogen and oxygen atoms in total. The van der Waals surface area contributed by atoms with Crippen molar-refractivity contribution in [2.45, 2.75) is 13.0 Å². The van der Waals surface area contributed by atoms with Crippen LogP contribution in [0.15, 0.2) is 24.8 Å². The van der Waals surface area contributed by atoms with Gasteiger partial charge in [0.2, 0.25) is 0 Å². The molecule has 0 aliphatic rings. The van der Waals surface area contributed by atoms with Gasteiger partial charge < -0.3 is 5.32 Å². The van der Waals surface area contributed by atoms with Crippen LogP contribution in [0.1, 0.15) is 18.5 Å². The summed E-state index contributed by atoms with van der Waals surface area (Å²) in [5.41, 5.74) is 1.05. The second-order valence-electron chi connectivity index (χ2n) is 3.12. The van der Waals surface area contributed by atoms with Crippen molar-refractivity contribution >= 4 is 17.4 Å². The first-order valence-corrected chi connectivity index (χ1v) is 4.86. The molecule has 0 fully saturated rings. The van der Waals surface area contributed by atoms with E-state index in [1.807, 2.05) is 13.1 Å². The summed E-state index contributed by atoms with van der Waals surface area (Å²) in [5, 5.41) is 10.2. The second kappa shape index (κ2) is 4.27. The van der Waals surface area contributed by atoms with Crippen molar-refractivity contribution in [2.24, 2.45) is 0 Å². The van der Waals surface area contributed by atoms with Crippen LogP contribution in [-0.2, 0) is 0 Å². The van der Waals surface area contributed by atoms with Crippen molar-refractivity contribution in [2.75, 3.05) is 5.32 Å². The minimum atomic E-state index is 0.108. The van der Waals surface area contributed by atoms with Gasteiger partial charge in [-0.25, -0.2) is 4.98 Å². The zero-order valence-corrected chi connectivity index (χ0v) is 8.86. The summed E-state index contributed by atoms with van der Waals surface area (Å²) < 4.78 is 0. The fraction of sp³-hybridized carbons (Fsp3) is 0.222. The molecule has 0 radical (unpaired) electrons. The van der Waals surface area contributed by atoms with Crippen LogP contribution in [0.4, 0.5) is 5.82 Å². The van der Waals surface area contributed by atoms with Crippen LogP contribution in [0.25, 0.3) is 0 Å². The number of hydrogen-bond donors (Lipinski definition) is 2. The van der Waals surface area contributed by atoms with Crippen LogP contribution >= 0.6 is 11.6 Å². The number of aromatic nitrogens is 4. The quantitative estimate of drug-likeness (QED) is 0.836. The van der Waals surface area contributed by atoms with Gasteiger partial charge in [0.25, 0.3) is 0 Å². The van der Waals surface area contributed by atoms with E-state index in [9.17, 15) is 0 Å². The molecule has 2 aromatic rings. The first kappa shape index (κ1) is 9.92. The lowest BCUT2D eigenvalue weighted by molar-refractivity contribution is 0.872. The van der Waals surface area contributed by atoms with E-state index < -0.39 is 0 Å². The Morgan fingerprint density at radius 2 is 2.27 bits per heavy atom. The molecule has 0 spiro atoms. The van der Waals surface area contributed by atoms with Gasteiger partial charge in [-0.3, -0.25) is 10.1 Å². The molecule has 78 valence electrons. The molecular weight excluding hydrogens is 214 g/mol. The summed E-state index contributed by atoms with van der Waals surface area (Å²) in [6.45, 7) is 2.01. The molecule has 2 N–H and O–H groups in total. The summed E-state index contributed by atoms with van der Waals surface area (Å²) in [4.78, 5) is 8.02. The maximum Gasteiger partial charge on any atom is 0.149 e. The smallest absolute Gasteiger partial charge is 0.149 e. The molecule has 0 aliphatic heterocycles. The SMILES string of the molecule is CC(Nc1cncc(Cl)n1)c1cn[nH]c1. The average molecular weight is 224 g/mol. The van der Waals surface area contributed by atoms with Crippen LogP contribution in [0.2, 0.25) is 5.15 Å². The predicted octanol–water partition coefficient (Wildman–Crippen LogP) is 2.03. The van der Waals surface area contributed by atoms with E-state index in [0.717, 1.165) is 5.56 Å². The lowest BCUT2D eigenvalue weighted by atomic mass is 10.2. The molecule has 6 heteroatoms. The van der Waals surface area contributed by atoms with Gasteiger partial charge in [-0.1, -0.05) is 11.6 Å². The summed E-state index contributed by atoms with van der Waals surface area (Å²) >= 11 is 5.72. The van der Waals surface area contributed by atoms with Gasteiger partial charge in [-0.05, 0) is 6.92 Å². The van der Waals surface area contributed by atoms with E-state index in [-0.39, 0.29) is 6.04 Å². The average Bonchev–Trinajstić information content (AvgIpc) is 2.70. The molecule has 1 atom stereocenters. The predicted molar refractivity (Wildman–Crippen MR) is 57.7 cm³/mol. The van der Waals surface area contributed by atoms with Gasteiger partial charge in [0, 0.05) is 11.8 Å². The molecular formula is C9H10ClN5. The minimum Gasteiger partial charge on any atom is -0.362 e. The Hall–Kier alpha value is -1.62. The fourth-order valence-electron chi connectivity index (χ4n) is 1.21. The molecule has 0 saturated carbocycles. The van der Waals surface area contributed by atoms with Crippen molar-refractivity contribution in [3.05, 3.63) is 35.5 Å². The first-order valence-electron chi connectivity index (χ1n) is 4.48. The van der Waals surface area contributed by atoms with Crippen LogP contribution in [0, 0.1) is 0 Å². The maximum absolute atomic E-state index is 5.72. The van der Waals surface area contributed by atoms with Crippen molar-refractivity contribution in [1.82, 2.24) is 20.2 Å². The largest absolute Gasteiger partial charge is 0.362 e. The van der Waals surface area contributed by atoms with E-state index in [0.29, 0.717) is 11.0 Å². The lowest BCUT2D eigenvalue weighted by Crippen LogP contribution is -2.07. The van der Waals surface area contributed by atoms with Crippen molar-refractivity contribution < 1.29 is 0 Å². The van der Waals surface area contributed by atoms with Crippen molar-refractivity contribution in [3.8, 4) is 0 Å². The third kappa shape index (κ3) is 2.44. The fourth-order valence-corrected chi connectivity index (χ4v) is 1.36. The molecule has 0 saturated heterocycles. The van der Waals surface area contributed by atoms with E-state index in [2.05, 4.69) is 25.5 Å². The molecule has 0 amide bonds. The molecule has 0 aromatic carbocycles. The van der Waals surface area contributed by atoms with E-state index in [1.54, 1.807) is 12.4 Å². The Morgan fingerprint density at radius 1 is 1.40 bits per heavy atom. The number of hydrogen-bond acceptors (Lipinski definition) is 4. The molecule has 2 aromatic heterocycles. The third-order valence-corrected chi connectivity index (χ3v) is 2.17. The third-order valence-electron chi connectivity index (χ3n) is 1.99.